The van der Waals surface area contributed by atoms with Crippen molar-refractivity contribution < 1.29 is 9.47 Å². The zero-order chi connectivity index (χ0) is 17.8. The number of pyridine rings is 1. The van der Waals surface area contributed by atoms with Crippen LogP contribution in [-0.4, -0.2) is 51.6 Å². The second-order valence-corrected chi connectivity index (χ2v) is 7.50. The summed E-state index contributed by atoms with van der Waals surface area (Å²) in [7, 11) is 1.97. The average Bonchev–Trinajstić information content (AvgIpc) is 3.25. The van der Waals surface area contributed by atoms with Crippen molar-refractivity contribution in [3.05, 3.63) is 42.4 Å². The fourth-order valence-corrected chi connectivity index (χ4v) is 4.38. The summed E-state index contributed by atoms with van der Waals surface area (Å²) in [6.07, 6.45) is 10.3. The molecule has 6 heteroatoms. The van der Waals surface area contributed by atoms with Crippen LogP contribution in [0.15, 0.2) is 36.8 Å². The van der Waals surface area contributed by atoms with E-state index in [1.165, 1.54) is 5.56 Å². The molecule has 2 aromatic heterocycles. The zero-order valence-corrected chi connectivity index (χ0v) is 15.5. The van der Waals surface area contributed by atoms with E-state index in [9.17, 15) is 0 Å². The Morgan fingerprint density at radius 3 is 2.92 bits per heavy atom. The maximum absolute atomic E-state index is 6.29. The van der Waals surface area contributed by atoms with E-state index in [2.05, 4.69) is 21.2 Å². The highest BCUT2D eigenvalue weighted by Crippen LogP contribution is 2.42. The second kappa shape index (κ2) is 7.76. The fourth-order valence-electron chi connectivity index (χ4n) is 4.38. The van der Waals surface area contributed by atoms with Gasteiger partial charge in [-0.3, -0.25) is 9.58 Å². The molecule has 0 aromatic carbocycles. The molecule has 0 bridgehead atoms. The van der Waals surface area contributed by atoms with Crippen molar-refractivity contribution in [2.45, 2.75) is 37.8 Å². The number of piperidine rings is 1. The zero-order valence-electron chi connectivity index (χ0n) is 15.5. The van der Waals surface area contributed by atoms with Gasteiger partial charge in [-0.1, -0.05) is 6.07 Å². The van der Waals surface area contributed by atoms with Gasteiger partial charge in [0.2, 0.25) is 5.88 Å². The van der Waals surface area contributed by atoms with Crippen LogP contribution in [0.3, 0.4) is 0 Å². The molecular formula is C20H28N4O2. The van der Waals surface area contributed by atoms with Crippen molar-refractivity contribution in [2.75, 3.05) is 26.3 Å². The summed E-state index contributed by atoms with van der Waals surface area (Å²) in [6.45, 7) is 4.76. The highest BCUT2D eigenvalue weighted by Gasteiger charge is 2.45. The Morgan fingerprint density at radius 2 is 2.19 bits per heavy atom. The van der Waals surface area contributed by atoms with Gasteiger partial charge in [0, 0.05) is 57.3 Å². The SMILES string of the molecule is Cn1cc(CN2CCC3(CC2)OCC[C@@H]3CCOc2ccccn2)cn1. The van der Waals surface area contributed by atoms with E-state index < -0.39 is 0 Å². The van der Waals surface area contributed by atoms with E-state index in [4.69, 9.17) is 9.47 Å². The third-order valence-corrected chi connectivity index (χ3v) is 5.82. The first kappa shape index (κ1) is 17.5. The van der Waals surface area contributed by atoms with Crippen LogP contribution in [0, 0.1) is 5.92 Å². The summed E-state index contributed by atoms with van der Waals surface area (Å²) in [5, 5.41) is 4.27. The van der Waals surface area contributed by atoms with E-state index in [1.807, 2.05) is 36.1 Å². The molecule has 0 amide bonds. The molecule has 1 spiro atoms. The molecule has 2 fully saturated rings. The predicted molar refractivity (Wildman–Crippen MR) is 98.9 cm³/mol. The van der Waals surface area contributed by atoms with Crippen LogP contribution in [0.1, 0.15) is 31.2 Å². The van der Waals surface area contributed by atoms with Crippen LogP contribution in [0.4, 0.5) is 0 Å². The van der Waals surface area contributed by atoms with Crippen LogP contribution >= 0.6 is 0 Å². The van der Waals surface area contributed by atoms with Gasteiger partial charge in [0.15, 0.2) is 0 Å². The number of rotatable bonds is 6. The number of hydrogen-bond donors (Lipinski definition) is 0. The summed E-state index contributed by atoms with van der Waals surface area (Å²) in [5.74, 6) is 1.30. The molecule has 2 aromatic rings. The molecule has 4 heterocycles. The van der Waals surface area contributed by atoms with E-state index >= 15 is 0 Å². The lowest BCUT2D eigenvalue weighted by molar-refractivity contribution is -0.0709. The molecule has 0 unspecified atom stereocenters. The Kier molecular flexibility index (Phi) is 5.22. The highest BCUT2D eigenvalue weighted by atomic mass is 16.5. The topological polar surface area (TPSA) is 52.4 Å². The minimum absolute atomic E-state index is 0.0545. The first-order valence-corrected chi connectivity index (χ1v) is 9.61. The third kappa shape index (κ3) is 3.91. The summed E-state index contributed by atoms with van der Waals surface area (Å²) in [5.41, 5.74) is 1.34. The molecule has 6 nitrogen and oxygen atoms in total. The van der Waals surface area contributed by atoms with E-state index in [0.717, 1.165) is 51.9 Å². The summed E-state index contributed by atoms with van der Waals surface area (Å²) in [4.78, 5) is 6.75. The van der Waals surface area contributed by atoms with Gasteiger partial charge in [-0.05, 0) is 37.7 Å². The van der Waals surface area contributed by atoms with Crippen LogP contribution in [-0.2, 0) is 18.3 Å². The molecule has 2 saturated heterocycles. The van der Waals surface area contributed by atoms with Crippen molar-refractivity contribution >= 4 is 0 Å². The standard InChI is InChI=1S/C20H28N4O2/c1-23-15-17(14-22-23)16-24-10-7-20(8-11-24)18(6-13-26-20)5-12-25-19-4-2-3-9-21-19/h2-4,9,14-15,18H,5-8,10-13,16H2,1H3/t18-/m0/s1. The summed E-state index contributed by atoms with van der Waals surface area (Å²) >= 11 is 0. The average molecular weight is 356 g/mol. The monoisotopic (exact) mass is 356 g/mol. The minimum atomic E-state index is 0.0545. The lowest BCUT2D eigenvalue weighted by Crippen LogP contribution is -2.47. The number of nitrogens with zero attached hydrogens (tertiary/aromatic N) is 4. The van der Waals surface area contributed by atoms with Crippen molar-refractivity contribution in [1.29, 1.82) is 0 Å². The third-order valence-electron chi connectivity index (χ3n) is 5.82. The van der Waals surface area contributed by atoms with Crippen molar-refractivity contribution in [3.63, 3.8) is 0 Å². The van der Waals surface area contributed by atoms with Crippen LogP contribution in [0.2, 0.25) is 0 Å². The molecule has 1 atom stereocenters. The van der Waals surface area contributed by atoms with Gasteiger partial charge >= 0.3 is 0 Å². The Bertz CT molecular complexity index is 695. The Morgan fingerprint density at radius 1 is 1.31 bits per heavy atom. The van der Waals surface area contributed by atoms with Crippen LogP contribution < -0.4 is 4.74 Å². The van der Waals surface area contributed by atoms with E-state index in [-0.39, 0.29) is 5.60 Å². The Hall–Kier alpha value is -1.92. The van der Waals surface area contributed by atoms with Crippen molar-refractivity contribution in [3.8, 4) is 5.88 Å². The molecular weight excluding hydrogens is 328 g/mol. The minimum Gasteiger partial charge on any atom is -0.478 e. The number of likely N-dealkylation sites (tertiary alicyclic amines) is 1. The largest absolute Gasteiger partial charge is 0.478 e. The fraction of sp³-hybridized carbons (Fsp3) is 0.600. The molecule has 0 radical (unpaired) electrons. The first-order valence-electron chi connectivity index (χ1n) is 9.61. The van der Waals surface area contributed by atoms with E-state index in [0.29, 0.717) is 18.4 Å². The number of aryl methyl sites for hydroxylation is 1. The van der Waals surface area contributed by atoms with Gasteiger partial charge in [0.05, 0.1) is 18.4 Å². The van der Waals surface area contributed by atoms with E-state index in [1.54, 1.807) is 6.20 Å². The van der Waals surface area contributed by atoms with Gasteiger partial charge in [0.1, 0.15) is 0 Å². The van der Waals surface area contributed by atoms with Crippen molar-refractivity contribution in [2.24, 2.45) is 13.0 Å². The highest BCUT2D eigenvalue weighted by molar-refractivity contribution is 5.09. The lowest BCUT2D eigenvalue weighted by atomic mass is 9.78. The Labute approximate surface area is 155 Å². The van der Waals surface area contributed by atoms with Crippen molar-refractivity contribution in [1.82, 2.24) is 19.7 Å². The molecule has 2 aliphatic heterocycles. The quantitative estimate of drug-likeness (QED) is 0.796. The summed E-state index contributed by atoms with van der Waals surface area (Å²) < 4.78 is 14.0. The van der Waals surface area contributed by atoms with Gasteiger partial charge in [-0.2, -0.15) is 5.10 Å². The molecule has 140 valence electrons. The maximum atomic E-state index is 6.29. The number of hydrogen-bond acceptors (Lipinski definition) is 5. The normalized spacial score (nSPS) is 22.7. The molecule has 0 N–H and O–H groups in total. The van der Waals surface area contributed by atoms with Gasteiger partial charge in [0.25, 0.3) is 0 Å². The van der Waals surface area contributed by atoms with Gasteiger partial charge in [-0.15, -0.1) is 0 Å². The van der Waals surface area contributed by atoms with Crippen LogP contribution in [0.5, 0.6) is 5.88 Å². The lowest BCUT2D eigenvalue weighted by Gasteiger charge is -2.42. The molecule has 2 aliphatic rings. The smallest absolute Gasteiger partial charge is 0.213 e. The number of ether oxygens (including phenoxy) is 2. The molecule has 4 rings (SSSR count). The predicted octanol–water partition coefficient (Wildman–Crippen LogP) is 2.66. The molecule has 0 aliphatic carbocycles. The number of aromatic nitrogens is 3. The maximum Gasteiger partial charge on any atom is 0.213 e. The molecule has 0 saturated carbocycles. The summed E-state index contributed by atoms with van der Waals surface area (Å²) in [6, 6.07) is 5.78. The molecule has 26 heavy (non-hydrogen) atoms. The van der Waals surface area contributed by atoms with Gasteiger partial charge < -0.3 is 9.47 Å². The Balaban J connectivity index is 1.27. The van der Waals surface area contributed by atoms with Gasteiger partial charge in [-0.25, -0.2) is 4.98 Å². The van der Waals surface area contributed by atoms with Crippen LogP contribution in [0.25, 0.3) is 0 Å². The first-order chi connectivity index (χ1) is 12.7. The second-order valence-electron chi connectivity index (χ2n) is 7.50.